The molecule has 2 fully saturated rings. The molecule has 2 amide bonds. The van der Waals surface area contributed by atoms with Gasteiger partial charge in [-0.2, -0.15) is 0 Å². The van der Waals surface area contributed by atoms with Crippen molar-refractivity contribution in [2.45, 2.75) is 70.0 Å². The fourth-order valence-electron chi connectivity index (χ4n) is 6.18. The molecule has 0 spiro atoms. The molecule has 0 unspecified atom stereocenters. The van der Waals surface area contributed by atoms with Gasteiger partial charge >= 0.3 is 12.1 Å². The molecular weight excluding hydrogens is 444 g/mol. The Bertz CT molecular complexity index is 1130. The quantitative estimate of drug-likeness (QED) is 0.660. The van der Waals surface area contributed by atoms with Crippen molar-refractivity contribution in [1.29, 1.82) is 0 Å². The van der Waals surface area contributed by atoms with Crippen molar-refractivity contribution in [1.82, 2.24) is 10.2 Å². The Labute approximate surface area is 205 Å². The topological polar surface area (TPSA) is 95.9 Å². The monoisotopic (exact) mass is 476 g/mol. The minimum absolute atomic E-state index is 0.0818. The van der Waals surface area contributed by atoms with Gasteiger partial charge in [-0.25, -0.2) is 9.59 Å². The van der Waals surface area contributed by atoms with Crippen LogP contribution in [0, 0.1) is 5.41 Å². The second-order valence-corrected chi connectivity index (χ2v) is 11.0. The predicted molar refractivity (Wildman–Crippen MR) is 131 cm³/mol. The number of fused-ring (bicyclic) bond motifs is 5. The van der Waals surface area contributed by atoms with Crippen molar-refractivity contribution in [2.24, 2.45) is 5.41 Å². The van der Waals surface area contributed by atoms with E-state index < -0.39 is 29.1 Å². The lowest BCUT2D eigenvalue weighted by Crippen LogP contribution is -2.60. The van der Waals surface area contributed by atoms with Crippen molar-refractivity contribution in [3.8, 4) is 11.1 Å². The molecule has 35 heavy (non-hydrogen) atoms. The minimum Gasteiger partial charge on any atom is -0.479 e. The van der Waals surface area contributed by atoms with E-state index in [-0.39, 0.29) is 24.5 Å². The van der Waals surface area contributed by atoms with Crippen LogP contribution in [0.2, 0.25) is 0 Å². The van der Waals surface area contributed by atoms with Gasteiger partial charge in [-0.3, -0.25) is 4.79 Å². The Morgan fingerprint density at radius 3 is 2.09 bits per heavy atom. The lowest BCUT2D eigenvalue weighted by Gasteiger charge is -2.38. The van der Waals surface area contributed by atoms with E-state index in [4.69, 9.17) is 4.74 Å². The third-order valence-corrected chi connectivity index (χ3v) is 7.96. The lowest BCUT2D eigenvalue weighted by molar-refractivity contribution is -0.157. The van der Waals surface area contributed by atoms with E-state index in [1.54, 1.807) is 0 Å². The molecule has 2 heterocycles. The van der Waals surface area contributed by atoms with E-state index in [9.17, 15) is 19.5 Å². The number of benzene rings is 2. The normalized spacial score (nSPS) is 23.5. The average molecular weight is 477 g/mol. The Morgan fingerprint density at radius 1 is 1.03 bits per heavy atom. The van der Waals surface area contributed by atoms with Crippen LogP contribution < -0.4 is 5.32 Å². The number of carboxylic acids is 1. The molecule has 2 aliphatic heterocycles. The van der Waals surface area contributed by atoms with Crippen LogP contribution in [0.1, 0.15) is 63.5 Å². The van der Waals surface area contributed by atoms with Gasteiger partial charge in [-0.05, 0) is 53.4 Å². The van der Waals surface area contributed by atoms with Crippen LogP contribution in [0.5, 0.6) is 0 Å². The fourth-order valence-corrected chi connectivity index (χ4v) is 6.18. The van der Waals surface area contributed by atoms with Gasteiger partial charge in [0, 0.05) is 12.0 Å². The maximum atomic E-state index is 13.7. The standard InChI is InChI=1S/C28H32N2O5/c1-27(2,3)23(24(31)30-17-12-14-28(30,15-13-17)25(32)33)29-26(34)35-16-22-20-10-6-4-8-18(20)19-9-5-7-11-21(19)22/h4-11,17,22-23H,12-16H2,1-3H3,(H,29,34)(H,32,33)/t17?,23-,28?/m1/s1. The number of hydrogen-bond donors (Lipinski definition) is 2. The molecule has 1 aliphatic carbocycles. The zero-order valence-corrected chi connectivity index (χ0v) is 20.4. The Hall–Kier alpha value is -3.35. The summed E-state index contributed by atoms with van der Waals surface area (Å²) in [6.45, 7) is 5.75. The molecule has 1 atom stereocenters. The van der Waals surface area contributed by atoms with E-state index >= 15 is 0 Å². The summed E-state index contributed by atoms with van der Waals surface area (Å²) in [5.41, 5.74) is 2.73. The number of ether oxygens (including phenoxy) is 1. The van der Waals surface area contributed by atoms with E-state index in [1.807, 2.05) is 45.0 Å². The van der Waals surface area contributed by atoms with Crippen LogP contribution in [0.4, 0.5) is 4.79 Å². The molecule has 2 aromatic rings. The summed E-state index contributed by atoms with van der Waals surface area (Å²) in [7, 11) is 0. The fraction of sp³-hybridized carbons (Fsp3) is 0.464. The molecule has 2 N–H and O–H groups in total. The molecule has 184 valence electrons. The van der Waals surface area contributed by atoms with Gasteiger partial charge in [-0.15, -0.1) is 0 Å². The van der Waals surface area contributed by atoms with Crippen LogP contribution >= 0.6 is 0 Å². The molecule has 2 saturated heterocycles. The highest BCUT2D eigenvalue weighted by Gasteiger charge is 2.60. The summed E-state index contributed by atoms with van der Waals surface area (Å²) in [5.74, 6) is -1.38. The maximum Gasteiger partial charge on any atom is 0.407 e. The summed E-state index contributed by atoms with van der Waals surface area (Å²) >= 11 is 0. The van der Waals surface area contributed by atoms with Gasteiger partial charge < -0.3 is 20.1 Å². The molecule has 2 bridgehead atoms. The van der Waals surface area contributed by atoms with Crippen LogP contribution in [-0.2, 0) is 14.3 Å². The largest absolute Gasteiger partial charge is 0.479 e. The van der Waals surface area contributed by atoms with Crippen molar-refractivity contribution >= 4 is 18.0 Å². The highest BCUT2D eigenvalue weighted by atomic mass is 16.5. The molecule has 3 aliphatic rings. The lowest BCUT2D eigenvalue weighted by atomic mass is 9.84. The highest BCUT2D eigenvalue weighted by molar-refractivity contribution is 5.93. The van der Waals surface area contributed by atoms with Crippen molar-refractivity contribution in [3.05, 3.63) is 59.7 Å². The van der Waals surface area contributed by atoms with Crippen molar-refractivity contribution in [2.75, 3.05) is 6.61 Å². The first-order chi connectivity index (χ1) is 16.6. The van der Waals surface area contributed by atoms with Crippen LogP contribution in [-0.4, -0.2) is 52.2 Å². The van der Waals surface area contributed by atoms with Gasteiger partial charge in [0.05, 0.1) is 0 Å². The smallest absolute Gasteiger partial charge is 0.407 e. The summed E-state index contributed by atoms with van der Waals surface area (Å²) in [5, 5.41) is 12.7. The summed E-state index contributed by atoms with van der Waals surface area (Å²) in [6, 6.07) is 15.2. The number of nitrogens with zero attached hydrogens (tertiary/aromatic N) is 1. The first kappa shape index (κ1) is 23.4. The molecular formula is C28H32N2O5. The second-order valence-electron chi connectivity index (χ2n) is 11.0. The van der Waals surface area contributed by atoms with Gasteiger partial charge in [0.1, 0.15) is 18.2 Å². The predicted octanol–water partition coefficient (Wildman–Crippen LogP) is 4.55. The molecule has 2 aromatic carbocycles. The molecule has 0 aromatic heterocycles. The second kappa shape index (κ2) is 8.40. The third kappa shape index (κ3) is 3.77. The summed E-state index contributed by atoms with van der Waals surface area (Å²) < 4.78 is 5.68. The van der Waals surface area contributed by atoms with E-state index in [1.165, 1.54) is 4.90 Å². The van der Waals surface area contributed by atoms with Gasteiger partial charge in [0.15, 0.2) is 0 Å². The van der Waals surface area contributed by atoms with Gasteiger partial charge in [-0.1, -0.05) is 69.3 Å². The number of carboxylic acid groups (broad SMARTS) is 1. The third-order valence-electron chi connectivity index (χ3n) is 7.96. The molecule has 0 radical (unpaired) electrons. The number of rotatable bonds is 5. The molecule has 0 saturated carbocycles. The number of hydrogen-bond acceptors (Lipinski definition) is 4. The van der Waals surface area contributed by atoms with Crippen LogP contribution in [0.25, 0.3) is 11.1 Å². The van der Waals surface area contributed by atoms with Crippen LogP contribution in [0.15, 0.2) is 48.5 Å². The molecule has 5 rings (SSSR count). The van der Waals surface area contributed by atoms with Crippen molar-refractivity contribution in [3.63, 3.8) is 0 Å². The van der Waals surface area contributed by atoms with Gasteiger partial charge in [0.2, 0.25) is 5.91 Å². The Morgan fingerprint density at radius 2 is 1.57 bits per heavy atom. The zero-order chi connectivity index (χ0) is 25.0. The van der Waals surface area contributed by atoms with Gasteiger partial charge in [0.25, 0.3) is 0 Å². The summed E-state index contributed by atoms with van der Waals surface area (Å²) in [6.07, 6.45) is 1.61. The van der Waals surface area contributed by atoms with Crippen LogP contribution in [0.3, 0.4) is 0 Å². The summed E-state index contributed by atoms with van der Waals surface area (Å²) in [4.78, 5) is 40.3. The maximum absolute atomic E-state index is 13.7. The number of carbonyl (C=O) groups is 3. The number of nitrogens with one attached hydrogen (secondary N) is 1. The Balaban J connectivity index is 1.32. The molecule has 7 heteroatoms. The number of aliphatic carboxylic acids is 1. The zero-order valence-electron chi connectivity index (χ0n) is 20.4. The van der Waals surface area contributed by atoms with E-state index in [0.717, 1.165) is 22.3 Å². The number of alkyl carbamates (subject to hydrolysis) is 1. The first-order valence-electron chi connectivity index (χ1n) is 12.3. The molecule has 7 nitrogen and oxygen atoms in total. The number of carbonyl (C=O) groups excluding carboxylic acids is 2. The first-order valence-corrected chi connectivity index (χ1v) is 12.3. The SMILES string of the molecule is CC(C)(C)[C@H](NC(=O)OCC1c2ccccc2-c2ccccc21)C(=O)N1C2CCC1(C(=O)O)CC2. The van der Waals surface area contributed by atoms with Crippen molar-refractivity contribution < 1.29 is 24.2 Å². The van der Waals surface area contributed by atoms with E-state index in [0.29, 0.717) is 25.7 Å². The highest BCUT2D eigenvalue weighted by Crippen LogP contribution is 2.48. The number of amides is 2. The Kier molecular flexibility index (Phi) is 5.61. The minimum atomic E-state index is -1.16. The van der Waals surface area contributed by atoms with E-state index in [2.05, 4.69) is 29.6 Å². The average Bonchev–Trinajstić information content (AvgIpc) is 3.49.